The van der Waals surface area contributed by atoms with E-state index in [1.807, 2.05) is 13.0 Å². The van der Waals surface area contributed by atoms with Gasteiger partial charge in [-0.3, -0.25) is 4.79 Å². The second-order valence-electron chi connectivity index (χ2n) is 3.34. The van der Waals surface area contributed by atoms with Crippen molar-refractivity contribution in [1.82, 2.24) is 9.97 Å². The van der Waals surface area contributed by atoms with E-state index in [4.69, 9.17) is 23.2 Å². The summed E-state index contributed by atoms with van der Waals surface area (Å²) in [4.78, 5) is 17.6. The Morgan fingerprint density at radius 1 is 1.31 bits per heavy atom. The van der Waals surface area contributed by atoms with Gasteiger partial charge in [0.25, 0.3) is 0 Å². The van der Waals surface area contributed by atoms with Crippen LogP contribution >= 0.6 is 23.2 Å². The Hall–Kier alpha value is -1.32. The van der Waals surface area contributed by atoms with E-state index in [9.17, 15) is 4.79 Å². The summed E-state index contributed by atoms with van der Waals surface area (Å²) in [5, 5.41) is 0.962. The zero-order valence-electron chi connectivity index (χ0n) is 8.42. The summed E-state index contributed by atoms with van der Waals surface area (Å²) >= 11 is 11.7. The fourth-order valence-electron chi connectivity index (χ4n) is 1.46. The molecule has 0 aliphatic carbocycles. The number of hydrogen-bond acceptors (Lipinski definition) is 2. The van der Waals surface area contributed by atoms with Crippen molar-refractivity contribution in [3.8, 4) is 11.3 Å². The molecule has 1 N–H and O–H groups in total. The average Bonchev–Trinajstić information content (AvgIpc) is 2.64. The molecular weight excluding hydrogens is 247 g/mol. The Morgan fingerprint density at radius 2 is 2.06 bits per heavy atom. The Morgan fingerprint density at radius 3 is 2.62 bits per heavy atom. The molecule has 0 amide bonds. The Kier molecular flexibility index (Phi) is 2.99. The number of aromatic nitrogens is 2. The van der Waals surface area contributed by atoms with Crippen molar-refractivity contribution in [3.05, 3.63) is 39.8 Å². The molecule has 0 radical (unpaired) electrons. The standard InChI is InChI=1S/C11H8Cl2N2O/c1-6-11(15-10(5-16)14-6)7-2-3-8(12)9(13)4-7/h2-5H,1H3,(H,14,15). The van der Waals surface area contributed by atoms with E-state index in [1.54, 1.807) is 12.1 Å². The van der Waals surface area contributed by atoms with Crippen LogP contribution in [0, 0.1) is 6.92 Å². The van der Waals surface area contributed by atoms with Gasteiger partial charge in [-0.05, 0) is 19.1 Å². The van der Waals surface area contributed by atoms with Gasteiger partial charge in [0, 0.05) is 11.3 Å². The van der Waals surface area contributed by atoms with Crippen molar-refractivity contribution in [2.75, 3.05) is 0 Å². The first-order valence-electron chi connectivity index (χ1n) is 4.59. The third-order valence-electron chi connectivity index (χ3n) is 2.21. The van der Waals surface area contributed by atoms with Crippen LogP contribution in [0.15, 0.2) is 18.2 Å². The van der Waals surface area contributed by atoms with E-state index in [-0.39, 0.29) is 0 Å². The molecule has 0 fully saturated rings. The van der Waals surface area contributed by atoms with Crippen molar-refractivity contribution in [2.24, 2.45) is 0 Å². The molecule has 2 rings (SSSR count). The van der Waals surface area contributed by atoms with Crippen LogP contribution in [0.3, 0.4) is 0 Å². The second kappa shape index (κ2) is 4.28. The SMILES string of the molecule is Cc1[nH]c(C=O)nc1-c1ccc(Cl)c(Cl)c1. The highest BCUT2D eigenvalue weighted by Crippen LogP contribution is 2.28. The van der Waals surface area contributed by atoms with E-state index in [0.29, 0.717) is 27.8 Å². The smallest absolute Gasteiger partial charge is 0.185 e. The predicted molar refractivity (Wildman–Crippen MR) is 64.2 cm³/mol. The van der Waals surface area contributed by atoms with Crippen molar-refractivity contribution in [2.45, 2.75) is 6.92 Å². The van der Waals surface area contributed by atoms with Gasteiger partial charge in [0.05, 0.1) is 15.7 Å². The number of imidazole rings is 1. The zero-order valence-corrected chi connectivity index (χ0v) is 9.93. The molecule has 3 nitrogen and oxygen atoms in total. The maximum absolute atomic E-state index is 10.6. The third-order valence-corrected chi connectivity index (χ3v) is 2.95. The summed E-state index contributed by atoms with van der Waals surface area (Å²) in [6.07, 6.45) is 0.675. The van der Waals surface area contributed by atoms with Crippen LogP contribution < -0.4 is 0 Å². The van der Waals surface area contributed by atoms with Crippen LogP contribution in [0.5, 0.6) is 0 Å². The molecule has 82 valence electrons. The van der Waals surface area contributed by atoms with Crippen LogP contribution in [0.4, 0.5) is 0 Å². The van der Waals surface area contributed by atoms with E-state index < -0.39 is 0 Å². The van der Waals surface area contributed by atoms with Crippen molar-refractivity contribution < 1.29 is 4.79 Å². The summed E-state index contributed by atoms with van der Waals surface area (Å²) in [5.41, 5.74) is 2.36. The Bertz CT molecular complexity index is 549. The molecule has 5 heteroatoms. The average molecular weight is 255 g/mol. The van der Waals surface area contributed by atoms with Gasteiger partial charge in [-0.1, -0.05) is 29.3 Å². The number of aromatic amines is 1. The van der Waals surface area contributed by atoms with Crippen molar-refractivity contribution >= 4 is 29.5 Å². The monoisotopic (exact) mass is 254 g/mol. The molecule has 16 heavy (non-hydrogen) atoms. The number of benzene rings is 1. The predicted octanol–water partition coefficient (Wildman–Crippen LogP) is 3.50. The molecular formula is C11H8Cl2N2O. The lowest BCUT2D eigenvalue weighted by molar-refractivity contribution is 0.111. The number of rotatable bonds is 2. The number of halogens is 2. The number of H-pyrrole nitrogens is 1. The highest BCUT2D eigenvalue weighted by molar-refractivity contribution is 6.42. The van der Waals surface area contributed by atoms with Crippen LogP contribution in [-0.4, -0.2) is 16.3 Å². The van der Waals surface area contributed by atoms with Crippen LogP contribution in [0.1, 0.15) is 16.3 Å². The van der Waals surface area contributed by atoms with Crippen LogP contribution in [0.25, 0.3) is 11.3 Å². The van der Waals surface area contributed by atoms with E-state index in [0.717, 1.165) is 11.3 Å². The van der Waals surface area contributed by atoms with Gasteiger partial charge in [-0.25, -0.2) is 4.98 Å². The van der Waals surface area contributed by atoms with E-state index in [1.165, 1.54) is 0 Å². The summed E-state index contributed by atoms with van der Waals surface area (Å²) in [6, 6.07) is 5.24. The maximum atomic E-state index is 10.6. The summed E-state index contributed by atoms with van der Waals surface area (Å²) < 4.78 is 0. The zero-order chi connectivity index (χ0) is 11.7. The molecule has 0 aliphatic heterocycles. The van der Waals surface area contributed by atoms with E-state index in [2.05, 4.69) is 9.97 Å². The van der Waals surface area contributed by atoms with Crippen molar-refractivity contribution in [3.63, 3.8) is 0 Å². The molecule has 1 heterocycles. The quantitative estimate of drug-likeness (QED) is 0.834. The Labute approximate surface area is 102 Å². The first-order chi connectivity index (χ1) is 7.61. The lowest BCUT2D eigenvalue weighted by Crippen LogP contribution is -1.82. The number of aryl methyl sites for hydroxylation is 1. The molecule has 0 unspecified atom stereocenters. The third kappa shape index (κ3) is 1.96. The van der Waals surface area contributed by atoms with Gasteiger partial charge >= 0.3 is 0 Å². The number of carbonyl (C=O) groups excluding carboxylic acids is 1. The first kappa shape index (κ1) is 11.2. The van der Waals surface area contributed by atoms with Gasteiger partial charge in [-0.15, -0.1) is 0 Å². The number of carbonyl (C=O) groups is 1. The molecule has 0 bridgehead atoms. The highest BCUT2D eigenvalue weighted by Gasteiger charge is 2.09. The minimum atomic E-state index is 0.304. The minimum Gasteiger partial charge on any atom is -0.339 e. The normalized spacial score (nSPS) is 10.4. The molecule has 0 saturated heterocycles. The van der Waals surface area contributed by atoms with Crippen LogP contribution in [0.2, 0.25) is 10.0 Å². The molecule has 0 saturated carbocycles. The molecule has 0 spiro atoms. The van der Waals surface area contributed by atoms with Gasteiger partial charge in [0.2, 0.25) is 0 Å². The van der Waals surface area contributed by atoms with Gasteiger partial charge in [0.1, 0.15) is 0 Å². The number of nitrogens with one attached hydrogen (secondary N) is 1. The summed E-state index contributed by atoms with van der Waals surface area (Å²) in [7, 11) is 0. The molecule has 1 aromatic carbocycles. The fraction of sp³-hybridized carbons (Fsp3) is 0.0909. The topological polar surface area (TPSA) is 45.8 Å². The van der Waals surface area contributed by atoms with E-state index >= 15 is 0 Å². The molecule has 1 aromatic heterocycles. The fourth-order valence-corrected chi connectivity index (χ4v) is 1.76. The van der Waals surface area contributed by atoms with Gasteiger partial charge < -0.3 is 4.98 Å². The summed E-state index contributed by atoms with van der Waals surface area (Å²) in [6.45, 7) is 1.85. The Balaban J connectivity index is 2.53. The number of aldehydes is 1. The highest BCUT2D eigenvalue weighted by atomic mass is 35.5. The molecule has 2 aromatic rings. The number of nitrogens with zero attached hydrogens (tertiary/aromatic N) is 1. The molecule has 0 atom stereocenters. The van der Waals surface area contributed by atoms with Gasteiger partial charge in [-0.2, -0.15) is 0 Å². The number of hydrogen-bond donors (Lipinski definition) is 1. The largest absolute Gasteiger partial charge is 0.339 e. The minimum absolute atomic E-state index is 0.304. The molecule has 0 aliphatic rings. The first-order valence-corrected chi connectivity index (χ1v) is 5.34. The van der Waals surface area contributed by atoms with Gasteiger partial charge in [0.15, 0.2) is 12.1 Å². The van der Waals surface area contributed by atoms with Crippen molar-refractivity contribution in [1.29, 1.82) is 0 Å². The maximum Gasteiger partial charge on any atom is 0.185 e. The summed E-state index contributed by atoms with van der Waals surface area (Å²) in [5.74, 6) is 0.304. The van der Waals surface area contributed by atoms with Crippen LogP contribution in [-0.2, 0) is 0 Å². The second-order valence-corrected chi connectivity index (χ2v) is 4.16. The lowest BCUT2D eigenvalue weighted by Gasteiger charge is -2.00. The lowest BCUT2D eigenvalue weighted by atomic mass is 10.1.